The molecule has 1 aliphatic rings. The van der Waals surface area contributed by atoms with E-state index in [1.165, 1.54) is 5.56 Å². The highest BCUT2D eigenvalue weighted by Crippen LogP contribution is 2.44. The van der Waals surface area contributed by atoms with E-state index in [1.54, 1.807) is 26.0 Å². The summed E-state index contributed by atoms with van der Waals surface area (Å²) in [5, 5.41) is 7.56. The summed E-state index contributed by atoms with van der Waals surface area (Å²) in [6, 6.07) is 12.0. The number of nitrogens with one attached hydrogen (secondary N) is 1. The van der Waals surface area contributed by atoms with E-state index < -0.39 is 0 Å². The molecule has 1 unspecified atom stereocenters. The Kier molecular flexibility index (Phi) is 5.35. The second-order valence-corrected chi connectivity index (χ2v) is 7.14. The van der Waals surface area contributed by atoms with Crippen LogP contribution in [0.5, 0.6) is 17.2 Å². The first-order valence-corrected chi connectivity index (χ1v) is 9.86. The molecule has 0 saturated heterocycles. The van der Waals surface area contributed by atoms with Crippen molar-refractivity contribution in [3.8, 4) is 22.9 Å². The van der Waals surface area contributed by atoms with E-state index in [-0.39, 0.29) is 11.8 Å². The van der Waals surface area contributed by atoms with Crippen LogP contribution >= 0.6 is 0 Å². The molecule has 2 aromatic carbocycles. The first kappa shape index (κ1) is 19.8. The van der Waals surface area contributed by atoms with Crippen molar-refractivity contribution in [3.05, 3.63) is 59.3 Å². The molecule has 156 valence electrons. The summed E-state index contributed by atoms with van der Waals surface area (Å²) in [5.74, 6) is 2.09. The first-order chi connectivity index (χ1) is 14.6. The largest absolute Gasteiger partial charge is 0.493 e. The van der Waals surface area contributed by atoms with Gasteiger partial charge in [-0.3, -0.25) is 4.79 Å². The minimum absolute atomic E-state index is 0.0619. The highest BCUT2D eigenvalue weighted by molar-refractivity contribution is 5.94. The molecule has 1 N–H and O–H groups in total. The quantitative estimate of drug-likeness (QED) is 0.670. The molecule has 3 aromatic rings. The summed E-state index contributed by atoms with van der Waals surface area (Å²) in [7, 11) is 4.73. The molecule has 0 radical (unpaired) electrons. The lowest BCUT2D eigenvalue weighted by Crippen LogP contribution is -2.24. The van der Waals surface area contributed by atoms with Crippen LogP contribution in [0.25, 0.3) is 5.69 Å². The molecule has 0 saturated carbocycles. The number of carbonyl (C=O) groups excluding carboxylic acids is 1. The van der Waals surface area contributed by atoms with Crippen LogP contribution in [-0.4, -0.2) is 37.0 Å². The summed E-state index contributed by atoms with van der Waals surface area (Å²) >= 11 is 0. The van der Waals surface area contributed by atoms with Crippen molar-refractivity contribution in [1.29, 1.82) is 0 Å². The molecule has 0 fully saturated rings. The van der Waals surface area contributed by atoms with Gasteiger partial charge in [0.25, 0.3) is 0 Å². The Morgan fingerprint density at radius 2 is 1.73 bits per heavy atom. The third-order valence-corrected chi connectivity index (χ3v) is 5.50. The number of fused-ring (bicyclic) bond motifs is 1. The number of aryl methyl sites for hydroxylation is 1. The van der Waals surface area contributed by atoms with Crippen LogP contribution in [0.2, 0.25) is 0 Å². The number of amides is 1. The van der Waals surface area contributed by atoms with Crippen LogP contribution in [0.3, 0.4) is 0 Å². The third kappa shape index (κ3) is 3.36. The Morgan fingerprint density at radius 3 is 2.30 bits per heavy atom. The number of rotatable bonds is 6. The molecular formula is C23H25N3O4. The van der Waals surface area contributed by atoms with E-state index in [0.717, 1.165) is 23.2 Å². The Balaban J connectivity index is 1.80. The molecule has 7 nitrogen and oxygen atoms in total. The Morgan fingerprint density at radius 1 is 1.07 bits per heavy atom. The van der Waals surface area contributed by atoms with Gasteiger partial charge >= 0.3 is 0 Å². The van der Waals surface area contributed by atoms with Crippen LogP contribution < -0.4 is 19.5 Å². The standard InChI is InChI=1S/C23H25N3O4/c1-5-14-6-8-16(9-7-14)26-23-18(13-24-26)17(12-21(27)25-23)15-10-19(28-2)22(30-4)20(11-15)29-3/h6-11,13,17H,5,12H2,1-4H3,(H,25,27). The maximum Gasteiger partial charge on any atom is 0.226 e. The van der Waals surface area contributed by atoms with Crippen molar-refractivity contribution in [1.82, 2.24) is 9.78 Å². The van der Waals surface area contributed by atoms with Gasteiger partial charge in [-0.25, -0.2) is 4.68 Å². The Hall–Kier alpha value is -3.48. The highest BCUT2D eigenvalue weighted by Gasteiger charge is 2.31. The zero-order valence-corrected chi connectivity index (χ0v) is 17.6. The Bertz CT molecular complexity index is 1050. The second kappa shape index (κ2) is 8.10. The van der Waals surface area contributed by atoms with E-state index in [4.69, 9.17) is 14.2 Å². The molecule has 2 heterocycles. The van der Waals surface area contributed by atoms with Crippen LogP contribution in [0.1, 0.15) is 36.0 Å². The Labute approximate surface area is 175 Å². The molecule has 7 heteroatoms. The van der Waals surface area contributed by atoms with Gasteiger partial charge in [-0.2, -0.15) is 5.10 Å². The van der Waals surface area contributed by atoms with Gasteiger partial charge in [0.2, 0.25) is 11.7 Å². The average molecular weight is 407 g/mol. The molecule has 1 amide bonds. The van der Waals surface area contributed by atoms with Crippen LogP contribution in [-0.2, 0) is 11.2 Å². The van der Waals surface area contributed by atoms with Crippen molar-refractivity contribution in [3.63, 3.8) is 0 Å². The number of methoxy groups -OCH3 is 3. The van der Waals surface area contributed by atoms with E-state index >= 15 is 0 Å². The summed E-state index contributed by atoms with van der Waals surface area (Å²) in [5.41, 5.74) is 4.00. The van der Waals surface area contributed by atoms with Crippen molar-refractivity contribution in [2.45, 2.75) is 25.7 Å². The van der Waals surface area contributed by atoms with Crippen molar-refractivity contribution >= 4 is 11.7 Å². The number of hydrogen-bond acceptors (Lipinski definition) is 5. The predicted molar refractivity (Wildman–Crippen MR) is 114 cm³/mol. The van der Waals surface area contributed by atoms with Gasteiger partial charge in [-0.05, 0) is 41.8 Å². The van der Waals surface area contributed by atoms with Gasteiger partial charge < -0.3 is 19.5 Å². The normalized spacial score (nSPS) is 15.3. The van der Waals surface area contributed by atoms with Crippen LogP contribution in [0.4, 0.5) is 5.82 Å². The topological polar surface area (TPSA) is 74.6 Å². The minimum Gasteiger partial charge on any atom is -0.493 e. The molecule has 4 rings (SSSR count). The van der Waals surface area contributed by atoms with Gasteiger partial charge in [0.15, 0.2) is 11.5 Å². The van der Waals surface area contributed by atoms with Gasteiger partial charge in [0.1, 0.15) is 5.82 Å². The molecule has 1 atom stereocenters. The molecule has 1 aromatic heterocycles. The fraction of sp³-hybridized carbons (Fsp3) is 0.304. The van der Waals surface area contributed by atoms with Crippen LogP contribution in [0, 0.1) is 0 Å². The number of anilines is 1. The number of ether oxygens (including phenoxy) is 3. The monoisotopic (exact) mass is 407 g/mol. The van der Waals surface area contributed by atoms with E-state index in [1.807, 2.05) is 30.5 Å². The SMILES string of the molecule is CCc1ccc(-n2ncc3c2NC(=O)CC3c2cc(OC)c(OC)c(OC)c2)cc1. The number of carbonyl (C=O) groups is 1. The first-order valence-electron chi connectivity index (χ1n) is 9.86. The minimum atomic E-state index is -0.175. The fourth-order valence-corrected chi connectivity index (χ4v) is 3.89. The van der Waals surface area contributed by atoms with E-state index in [0.29, 0.717) is 29.5 Å². The third-order valence-electron chi connectivity index (χ3n) is 5.50. The number of benzene rings is 2. The predicted octanol–water partition coefficient (Wildman–Crippen LogP) is 3.93. The zero-order chi connectivity index (χ0) is 21.3. The molecule has 1 aliphatic heterocycles. The molecule has 0 spiro atoms. The lowest BCUT2D eigenvalue weighted by Gasteiger charge is -2.25. The van der Waals surface area contributed by atoms with Crippen molar-refractivity contribution in [2.24, 2.45) is 0 Å². The lowest BCUT2D eigenvalue weighted by atomic mass is 9.87. The van der Waals surface area contributed by atoms with Gasteiger partial charge in [0.05, 0.1) is 33.2 Å². The maximum absolute atomic E-state index is 12.6. The lowest BCUT2D eigenvalue weighted by molar-refractivity contribution is -0.116. The highest BCUT2D eigenvalue weighted by atomic mass is 16.5. The number of hydrogen-bond donors (Lipinski definition) is 1. The molecule has 0 bridgehead atoms. The number of nitrogens with zero attached hydrogens (tertiary/aromatic N) is 2. The smallest absolute Gasteiger partial charge is 0.226 e. The van der Waals surface area contributed by atoms with E-state index in [2.05, 4.69) is 29.5 Å². The molecule has 30 heavy (non-hydrogen) atoms. The van der Waals surface area contributed by atoms with Gasteiger partial charge in [0, 0.05) is 17.9 Å². The average Bonchev–Trinajstić information content (AvgIpc) is 3.21. The van der Waals surface area contributed by atoms with Crippen molar-refractivity contribution < 1.29 is 19.0 Å². The fourth-order valence-electron chi connectivity index (χ4n) is 3.89. The van der Waals surface area contributed by atoms with Crippen LogP contribution in [0.15, 0.2) is 42.6 Å². The summed E-state index contributed by atoms with van der Waals surface area (Å²) in [4.78, 5) is 12.6. The molecular weight excluding hydrogens is 382 g/mol. The van der Waals surface area contributed by atoms with E-state index in [9.17, 15) is 4.79 Å². The van der Waals surface area contributed by atoms with Crippen molar-refractivity contribution in [2.75, 3.05) is 26.6 Å². The maximum atomic E-state index is 12.6. The molecule has 0 aliphatic carbocycles. The summed E-state index contributed by atoms with van der Waals surface area (Å²) < 4.78 is 18.2. The zero-order valence-electron chi connectivity index (χ0n) is 17.6. The number of aromatic nitrogens is 2. The van der Waals surface area contributed by atoms with Gasteiger partial charge in [-0.1, -0.05) is 19.1 Å². The summed E-state index contributed by atoms with van der Waals surface area (Å²) in [6.45, 7) is 2.12. The second-order valence-electron chi connectivity index (χ2n) is 7.14. The summed E-state index contributed by atoms with van der Waals surface area (Å²) in [6.07, 6.45) is 3.10. The van der Waals surface area contributed by atoms with Gasteiger partial charge in [-0.15, -0.1) is 0 Å².